The molecule has 1 amide bonds. The molecule has 0 heterocycles. The highest BCUT2D eigenvalue weighted by Gasteiger charge is 2.16. The maximum atomic E-state index is 12.4. The molecule has 4 N–H and O–H groups in total. The number of hydrogen-bond acceptors (Lipinski definition) is 6. The molecule has 10 heteroatoms. The number of nitro groups is 1. The fourth-order valence-electron chi connectivity index (χ4n) is 2.60. The van der Waals surface area contributed by atoms with Crippen LogP contribution in [0.4, 0.5) is 22.7 Å². The third-order valence-corrected chi connectivity index (χ3v) is 5.61. The van der Waals surface area contributed by atoms with Crippen molar-refractivity contribution in [2.24, 2.45) is 0 Å². The second kappa shape index (κ2) is 8.21. The zero-order chi connectivity index (χ0) is 21.9. The number of aryl methyl sites for hydroxylation is 1. The minimum absolute atomic E-state index is 0.0400. The number of hydrogen-bond donors (Lipinski definition) is 3. The van der Waals surface area contributed by atoms with Crippen LogP contribution < -0.4 is 15.8 Å². The van der Waals surface area contributed by atoms with Gasteiger partial charge in [-0.15, -0.1) is 0 Å². The molecule has 0 saturated carbocycles. The summed E-state index contributed by atoms with van der Waals surface area (Å²) in [7, 11) is -3.74. The van der Waals surface area contributed by atoms with Gasteiger partial charge in [0.25, 0.3) is 21.6 Å². The Morgan fingerprint density at radius 2 is 1.57 bits per heavy atom. The molecule has 0 bridgehead atoms. The molecular formula is C20H18N4O5S. The summed E-state index contributed by atoms with van der Waals surface area (Å²) < 4.78 is 27.3. The van der Waals surface area contributed by atoms with Gasteiger partial charge in [0.1, 0.15) is 5.69 Å². The highest BCUT2D eigenvalue weighted by molar-refractivity contribution is 7.92. The normalized spacial score (nSPS) is 11.0. The first-order chi connectivity index (χ1) is 14.2. The average Bonchev–Trinajstić information content (AvgIpc) is 2.69. The number of amides is 1. The maximum absolute atomic E-state index is 12.4. The van der Waals surface area contributed by atoms with Gasteiger partial charge in [0.2, 0.25) is 0 Å². The van der Waals surface area contributed by atoms with Crippen molar-refractivity contribution in [1.29, 1.82) is 0 Å². The predicted octanol–water partition coefficient (Wildman–Crippen LogP) is 3.54. The van der Waals surface area contributed by atoms with Crippen molar-refractivity contribution in [2.75, 3.05) is 15.8 Å². The Hall–Kier alpha value is -3.92. The molecule has 0 radical (unpaired) electrons. The van der Waals surface area contributed by atoms with E-state index >= 15 is 0 Å². The highest BCUT2D eigenvalue weighted by atomic mass is 32.2. The minimum atomic E-state index is -3.74. The van der Waals surface area contributed by atoms with Gasteiger partial charge in [0.15, 0.2) is 0 Å². The smallest absolute Gasteiger partial charge is 0.292 e. The number of nitro benzene ring substituents is 1. The second-order valence-electron chi connectivity index (χ2n) is 6.48. The molecule has 0 aliphatic rings. The molecule has 0 aliphatic carbocycles. The fraction of sp³-hybridized carbons (Fsp3) is 0.0500. The molecule has 0 unspecified atom stereocenters. The lowest BCUT2D eigenvalue weighted by molar-refractivity contribution is -0.383. The first-order valence-electron chi connectivity index (χ1n) is 8.70. The van der Waals surface area contributed by atoms with Crippen molar-refractivity contribution in [3.05, 3.63) is 88.0 Å². The van der Waals surface area contributed by atoms with Gasteiger partial charge in [-0.25, -0.2) is 8.42 Å². The van der Waals surface area contributed by atoms with Crippen molar-refractivity contribution >= 4 is 38.7 Å². The lowest BCUT2D eigenvalue weighted by atomic mass is 10.1. The Kier molecular flexibility index (Phi) is 5.70. The predicted molar refractivity (Wildman–Crippen MR) is 114 cm³/mol. The third kappa shape index (κ3) is 4.73. The number of nitrogens with two attached hydrogens (primary N) is 1. The number of nitrogens with one attached hydrogen (secondary N) is 2. The SMILES string of the molecule is Cc1ccc(S(=O)(=O)Nc2ccc(NC(=O)c3ccc(N)c([N+](=O)[O-])c3)cc2)cc1. The molecule has 3 aromatic carbocycles. The van der Waals surface area contributed by atoms with Gasteiger partial charge in [-0.1, -0.05) is 17.7 Å². The molecule has 0 aromatic heterocycles. The fourth-order valence-corrected chi connectivity index (χ4v) is 3.66. The Morgan fingerprint density at radius 1 is 0.967 bits per heavy atom. The molecule has 3 rings (SSSR count). The zero-order valence-electron chi connectivity index (χ0n) is 15.8. The van der Waals surface area contributed by atoms with Gasteiger partial charge >= 0.3 is 0 Å². The average molecular weight is 426 g/mol. The largest absolute Gasteiger partial charge is 0.393 e. The summed E-state index contributed by atoms with van der Waals surface area (Å²) in [4.78, 5) is 22.8. The summed E-state index contributed by atoms with van der Waals surface area (Å²) in [5.41, 5.74) is 6.85. The van der Waals surface area contributed by atoms with E-state index in [-0.39, 0.29) is 21.8 Å². The molecule has 154 valence electrons. The molecule has 3 aromatic rings. The standard InChI is InChI=1S/C20H18N4O5S/c1-13-2-9-17(10-3-13)30(28,29)23-16-7-5-15(6-8-16)22-20(25)14-4-11-18(21)19(12-14)24(26)27/h2-12,23H,21H2,1H3,(H,22,25). The van der Waals surface area contributed by atoms with Crippen molar-refractivity contribution < 1.29 is 18.1 Å². The van der Waals surface area contributed by atoms with Gasteiger partial charge in [0.05, 0.1) is 9.82 Å². The Labute approximate surface area is 172 Å². The summed E-state index contributed by atoms with van der Waals surface area (Å²) in [5, 5.41) is 13.6. The number of nitrogen functional groups attached to an aromatic ring is 1. The first-order valence-corrected chi connectivity index (χ1v) is 10.2. The number of carbonyl (C=O) groups is 1. The number of rotatable bonds is 6. The summed E-state index contributed by atoms with van der Waals surface area (Å²) >= 11 is 0. The van der Waals surface area contributed by atoms with E-state index in [1.165, 1.54) is 48.5 Å². The number of anilines is 3. The van der Waals surface area contributed by atoms with Crippen LogP contribution in [0.3, 0.4) is 0 Å². The zero-order valence-corrected chi connectivity index (χ0v) is 16.6. The summed E-state index contributed by atoms with van der Waals surface area (Å²) in [5.74, 6) is -0.564. The summed E-state index contributed by atoms with van der Waals surface area (Å²) in [6, 6.07) is 16.2. The minimum Gasteiger partial charge on any atom is -0.393 e. The van der Waals surface area contributed by atoms with Gasteiger partial charge in [-0.05, 0) is 55.5 Å². The summed E-state index contributed by atoms with van der Waals surface area (Å²) in [6.45, 7) is 1.86. The van der Waals surface area contributed by atoms with Crippen LogP contribution >= 0.6 is 0 Å². The van der Waals surface area contributed by atoms with Crippen LogP contribution in [-0.2, 0) is 10.0 Å². The number of benzene rings is 3. The Bertz CT molecular complexity index is 1210. The quantitative estimate of drug-likeness (QED) is 0.312. The van der Waals surface area contributed by atoms with Crippen LogP contribution in [0.25, 0.3) is 0 Å². The van der Waals surface area contributed by atoms with Crippen molar-refractivity contribution in [2.45, 2.75) is 11.8 Å². The number of nitrogens with zero attached hydrogens (tertiary/aromatic N) is 1. The molecule has 0 atom stereocenters. The van der Waals surface area contributed by atoms with Gasteiger partial charge < -0.3 is 11.1 Å². The molecular weight excluding hydrogens is 408 g/mol. The highest BCUT2D eigenvalue weighted by Crippen LogP contribution is 2.23. The molecule has 0 fully saturated rings. The Balaban J connectivity index is 1.71. The van der Waals surface area contributed by atoms with Gasteiger partial charge in [0, 0.05) is 23.0 Å². The van der Waals surface area contributed by atoms with E-state index in [4.69, 9.17) is 5.73 Å². The van der Waals surface area contributed by atoms with Crippen LogP contribution in [0.5, 0.6) is 0 Å². The molecule has 30 heavy (non-hydrogen) atoms. The number of carbonyl (C=O) groups excluding carboxylic acids is 1. The Morgan fingerprint density at radius 3 is 2.17 bits per heavy atom. The van der Waals surface area contributed by atoms with Crippen LogP contribution in [0.1, 0.15) is 15.9 Å². The van der Waals surface area contributed by atoms with Crippen LogP contribution in [0, 0.1) is 17.0 Å². The van der Waals surface area contributed by atoms with E-state index in [1.54, 1.807) is 12.1 Å². The number of sulfonamides is 1. The lowest BCUT2D eigenvalue weighted by Gasteiger charge is -2.10. The molecule has 9 nitrogen and oxygen atoms in total. The second-order valence-corrected chi connectivity index (χ2v) is 8.16. The monoisotopic (exact) mass is 426 g/mol. The molecule has 0 spiro atoms. The lowest BCUT2D eigenvalue weighted by Crippen LogP contribution is -2.14. The van der Waals surface area contributed by atoms with E-state index in [0.29, 0.717) is 11.4 Å². The van der Waals surface area contributed by atoms with Crippen LogP contribution in [-0.4, -0.2) is 19.2 Å². The van der Waals surface area contributed by atoms with Gasteiger partial charge in [-0.3, -0.25) is 19.6 Å². The van der Waals surface area contributed by atoms with E-state index in [2.05, 4.69) is 10.0 Å². The topological polar surface area (TPSA) is 144 Å². The molecule has 0 saturated heterocycles. The van der Waals surface area contributed by atoms with Crippen molar-refractivity contribution in [3.63, 3.8) is 0 Å². The van der Waals surface area contributed by atoms with Crippen LogP contribution in [0.15, 0.2) is 71.6 Å². The maximum Gasteiger partial charge on any atom is 0.292 e. The molecule has 0 aliphatic heterocycles. The van der Waals surface area contributed by atoms with Crippen molar-refractivity contribution in [1.82, 2.24) is 0 Å². The van der Waals surface area contributed by atoms with E-state index < -0.39 is 20.9 Å². The van der Waals surface area contributed by atoms with E-state index in [1.807, 2.05) is 6.92 Å². The van der Waals surface area contributed by atoms with Crippen LogP contribution in [0.2, 0.25) is 0 Å². The summed E-state index contributed by atoms with van der Waals surface area (Å²) in [6.07, 6.45) is 0. The third-order valence-electron chi connectivity index (χ3n) is 4.22. The van der Waals surface area contributed by atoms with E-state index in [0.717, 1.165) is 11.6 Å². The first kappa shape index (κ1) is 20.8. The van der Waals surface area contributed by atoms with Gasteiger partial charge in [-0.2, -0.15) is 0 Å². The van der Waals surface area contributed by atoms with Crippen molar-refractivity contribution in [3.8, 4) is 0 Å². The van der Waals surface area contributed by atoms with E-state index in [9.17, 15) is 23.3 Å².